The van der Waals surface area contributed by atoms with Crippen molar-refractivity contribution in [3.63, 3.8) is 0 Å². The third-order valence-electron chi connectivity index (χ3n) is 6.20. The molecule has 0 radical (unpaired) electrons. The number of aromatic nitrogens is 4. The van der Waals surface area contributed by atoms with E-state index >= 15 is 0 Å². The van der Waals surface area contributed by atoms with E-state index in [2.05, 4.69) is 11.5 Å². The van der Waals surface area contributed by atoms with Gasteiger partial charge < -0.3 is 4.52 Å². The Morgan fingerprint density at radius 2 is 1.67 bits per heavy atom. The lowest BCUT2D eigenvalue weighted by Gasteiger charge is -2.22. The third kappa shape index (κ3) is 4.46. The van der Waals surface area contributed by atoms with Gasteiger partial charge in [0.25, 0.3) is 0 Å². The molecule has 1 saturated carbocycles. The molecule has 5 nitrogen and oxygen atoms in total. The summed E-state index contributed by atoms with van der Waals surface area (Å²) in [6.07, 6.45) is 7.78. The van der Waals surface area contributed by atoms with Crippen LogP contribution in [0.5, 0.6) is 0 Å². The molecule has 0 aliphatic heterocycles. The molecule has 0 atom stereocenters. The van der Waals surface area contributed by atoms with Crippen molar-refractivity contribution < 1.29 is 4.52 Å². The zero-order valence-electron chi connectivity index (χ0n) is 18.4. The fraction of sp³-hybridized carbons (Fsp3) is 0.360. The first-order valence-corrected chi connectivity index (χ1v) is 12.6. The number of hydrogen-bond acceptors (Lipinski definition) is 3. The highest BCUT2D eigenvalue weighted by Crippen LogP contribution is 2.37. The topological polar surface area (TPSA) is 48.8 Å². The van der Waals surface area contributed by atoms with E-state index < -0.39 is 0 Å². The van der Waals surface area contributed by atoms with E-state index in [4.69, 9.17) is 49.4 Å². The molecule has 2 aromatic heterocycles. The predicted octanol–water partition coefficient (Wildman–Crippen LogP) is 8.28. The number of benzene rings is 2. The summed E-state index contributed by atoms with van der Waals surface area (Å²) in [6.45, 7) is 2.14. The summed E-state index contributed by atoms with van der Waals surface area (Å²) in [4.78, 5) is 6.55. The summed E-state index contributed by atoms with van der Waals surface area (Å²) in [5.74, 6) is 2.63. The predicted molar refractivity (Wildman–Crippen MR) is 133 cm³/mol. The quantitative estimate of drug-likeness (QED) is 0.266. The van der Waals surface area contributed by atoms with E-state index in [0.717, 1.165) is 48.5 Å². The lowest BCUT2D eigenvalue weighted by molar-refractivity contribution is 0.146. The van der Waals surface area contributed by atoms with Crippen LogP contribution in [0.2, 0.25) is 15.1 Å². The van der Waals surface area contributed by atoms with Gasteiger partial charge in [0.2, 0.25) is 11.7 Å². The van der Waals surface area contributed by atoms with Crippen LogP contribution in [0.15, 0.2) is 47.0 Å². The summed E-state index contributed by atoms with van der Waals surface area (Å²) in [5, 5.41) is 6.52. The Hall–Kier alpha value is -2.21. The lowest BCUT2D eigenvalue weighted by Crippen LogP contribution is -2.18. The minimum Gasteiger partial charge on any atom is -0.338 e. The number of rotatable bonds is 6. The maximum absolute atomic E-state index is 6.61. The highest BCUT2D eigenvalue weighted by molar-refractivity contribution is 6.36. The highest BCUT2D eigenvalue weighted by Gasteiger charge is 2.28. The molecule has 1 fully saturated rings. The van der Waals surface area contributed by atoms with Gasteiger partial charge in [-0.1, -0.05) is 77.4 Å². The molecule has 0 amide bonds. The van der Waals surface area contributed by atoms with E-state index in [9.17, 15) is 0 Å². The zero-order chi connectivity index (χ0) is 22.9. The fourth-order valence-electron chi connectivity index (χ4n) is 4.56. The normalized spacial score (nSPS) is 14.8. The van der Waals surface area contributed by atoms with E-state index in [1.165, 1.54) is 19.3 Å². The van der Waals surface area contributed by atoms with Gasteiger partial charge in [-0.25, -0.2) is 4.98 Å². The van der Waals surface area contributed by atoms with Crippen LogP contribution in [0.1, 0.15) is 63.0 Å². The average Bonchev–Trinajstić information content (AvgIpc) is 3.13. The van der Waals surface area contributed by atoms with E-state index in [0.29, 0.717) is 32.6 Å². The third-order valence-corrected chi connectivity index (χ3v) is 7.00. The maximum atomic E-state index is 6.61. The molecule has 2 aromatic carbocycles. The molecule has 0 spiro atoms. The van der Waals surface area contributed by atoms with Crippen LogP contribution in [0.25, 0.3) is 22.9 Å². The Bertz CT molecular complexity index is 1240. The van der Waals surface area contributed by atoms with Crippen molar-refractivity contribution >= 4 is 34.8 Å². The Morgan fingerprint density at radius 3 is 2.33 bits per heavy atom. The molecule has 1 aliphatic rings. The summed E-state index contributed by atoms with van der Waals surface area (Å²) in [7, 11) is 0. The number of nitrogens with zero attached hydrogens (tertiary/aromatic N) is 4. The van der Waals surface area contributed by atoms with Crippen molar-refractivity contribution in [2.45, 2.75) is 57.8 Å². The van der Waals surface area contributed by atoms with Gasteiger partial charge in [0.15, 0.2) is 0 Å². The van der Waals surface area contributed by atoms with E-state index in [1.54, 1.807) is 10.9 Å². The minimum absolute atomic E-state index is 0.410. The van der Waals surface area contributed by atoms with Crippen LogP contribution in [0.3, 0.4) is 0 Å². The van der Waals surface area contributed by atoms with Gasteiger partial charge in [-0.05, 0) is 61.7 Å². The first-order valence-electron chi connectivity index (χ1n) is 11.4. The summed E-state index contributed by atoms with van der Waals surface area (Å²) in [6, 6.07) is 13.2. The van der Waals surface area contributed by atoms with Crippen LogP contribution in [0, 0.1) is 0 Å². The first kappa shape index (κ1) is 22.6. The van der Waals surface area contributed by atoms with Gasteiger partial charge in [-0.2, -0.15) is 0 Å². The highest BCUT2D eigenvalue weighted by atomic mass is 35.5. The SMILES string of the molecule is CCCc1c(-n2nc(C3CCCCC3)o2)nc(-c2ccc(Cl)cc2Cl)n1-c1ccc(Cl)cc1. The lowest BCUT2D eigenvalue weighted by atomic mass is 9.89. The van der Waals surface area contributed by atoms with Gasteiger partial charge >= 0.3 is 0 Å². The molecule has 0 unspecified atom stereocenters. The molecule has 1 aliphatic carbocycles. The van der Waals surface area contributed by atoms with Crippen molar-refractivity contribution in [1.29, 1.82) is 0 Å². The minimum atomic E-state index is 0.410. The Kier molecular flexibility index (Phi) is 6.55. The van der Waals surface area contributed by atoms with Gasteiger partial charge in [0.1, 0.15) is 5.82 Å². The Morgan fingerprint density at radius 1 is 0.970 bits per heavy atom. The number of imidazole rings is 1. The number of halogens is 3. The zero-order valence-corrected chi connectivity index (χ0v) is 20.7. The van der Waals surface area contributed by atoms with E-state index in [-0.39, 0.29) is 0 Å². The van der Waals surface area contributed by atoms with Crippen molar-refractivity contribution in [3.05, 3.63) is 69.1 Å². The van der Waals surface area contributed by atoms with Crippen molar-refractivity contribution in [3.8, 4) is 22.9 Å². The standard InChI is InChI=1S/C25H25Cl3N4O/c1-2-6-22-24(32-30-25(33-32)16-7-4-3-5-8-16)29-23(20-14-11-18(27)15-21(20)28)31(22)19-12-9-17(26)10-13-19/h9-16H,2-8H2,1H3. The first-order chi connectivity index (χ1) is 16.0. The summed E-state index contributed by atoms with van der Waals surface area (Å²) < 4.78 is 8.21. The van der Waals surface area contributed by atoms with Gasteiger partial charge in [0.05, 0.1) is 10.7 Å². The van der Waals surface area contributed by atoms with Crippen LogP contribution in [-0.2, 0) is 6.42 Å². The molecule has 0 N–H and O–H groups in total. The molecule has 0 saturated heterocycles. The molecular formula is C25H25Cl3N4O. The Balaban J connectivity index is 1.65. The van der Waals surface area contributed by atoms with Crippen LogP contribution < -0.4 is 0 Å². The van der Waals surface area contributed by atoms with Crippen LogP contribution in [-0.4, -0.2) is 19.5 Å². The summed E-state index contributed by atoms with van der Waals surface area (Å²) in [5.41, 5.74) is 2.74. The monoisotopic (exact) mass is 502 g/mol. The second kappa shape index (κ2) is 9.57. The molecule has 8 heteroatoms. The molecule has 5 rings (SSSR count). The Labute approximate surface area is 208 Å². The fourth-order valence-corrected chi connectivity index (χ4v) is 5.18. The molecule has 4 aromatic rings. The van der Waals surface area contributed by atoms with Crippen LogP contribution in [0.4, 0.5) is 0 Å². The maximum Gasteiger partial charge on any atom is 0.248 e. The van der Waals surface area contributed by atoms with Crippen molar-refractivity contribution in [2.75, 3.05) is 0 Å². The average molecular weight is 504 g/mol. The van der Waals surface area contributed by atoms with Gasteiger partial charge in [0, 0.05) is 27.2 Å². The summed E-state index contributed by atoms with van der Waals surface area (Å²) >= 11 is 18.9. The molecular weight excluding hydrogens is 479 g/mol. The molecule has 33 heavy (non-hydrogen) atoms. The second-order valence-corrected chi connectivity index (χ2v) is 9.81. The molecule has 0 bridgehead atoms. The van der Waals surface area contributed by atoms with Crippen molar-refractivity contribution in [1.82, 2.24) is 19.5 Å². The van der Waals surface area contributed by atoms with Gasteiger partial charge in [-0.15, -0.1) is 0 Å². The number of hydrogen-bond donors (Lipinski definition) is 0. The van der Waals surface area contributed by atoms with Crippen LogP contribution >= 0.6 is 34.8 Å². The largest absolute Gasteiger partial charge is 0.338 e. The molecule has 172 valence electrons. The molecule has 2 heterocycles. The van der Waals surface area contributed by atoms with Gasteiger partial charge in [-0.3, -0.25) is 4.57 Å². The van der Waals surface area contributed by atoms with Crippen molar-refractivity contribution in [2.24, 2.45) is 0 Å². The van der Waals surface area contributed by atoms with E-state index in [1.807, 2.05) is 36.4 Å². The second-order valence-electron chi connectivity index (χ2n) is 8.53. The smallest absolute Gasteiger partial charge is 0.248 e.